The minimum absolute atomic E-state index is 0.114. The van der Waals surface area contributed by atoms with Gasteiger partial charge in [0.25, 0.3) is 0 Å². The fourth-order valence-electron chi connectivity index (χ4n) is 4.44. The summed E-state index contributed by atoms with van der Waals surface area (Å²) in [6.07, 6.45) is 3.50. The molecule has 0 unspecified atom stereocenters. The Bertz CT molecular complexity index is 1370. The monoisotopic (exact) mass is 530 g/mol. The summed E-state index contributed by atoms with van der Waals surface area (Å²) in [7, 11) is 1.56. The van der Waals surface area contributed by atoms with E-state index >= 15 is 0 Å². The number of nitrogens with zero attached hydrogens (tertiary/aromatic N) is 2. The zero-order valence-corrected chi connectivity index (χ0v) is 22.5. The highest BCUT2D eigenvalue weighted by atomic mass is 19.1. The number of ether oxygens (including phenoxy) is 1. The van der Waals surface area contributed by atoms with Crippen molar-refractivity contribution in [3.63, 3.8) is 0 Å². The van der Waals surface area contributed by atoms with E-state index in [1.165, 1.54) is 22.6 Å². The second-order valence-corrected chi connectivity index (χ2v) is 9.45. The molecule has 2 N–H and O–H groups in total. The van der Waals surface area contributed by atoms with Gasteiger partial charge in [0.15, 0.2) is 0 Å². The van der Waals surface area contributed by atoms with Gasteiger partial charge in [0.1, 0.15) is 12.4 Å². The number of carbonyl (C=O) groups is 2. The number of rotatable bonds is 12. The molecular formula is C31H35FN4O3. The average molecular weight is 531 g/mol. The molecule has 39 heavy (non-hydrogen) atoms. The van der Waals surface area contributed by atoms with E-state index in [4.69, 9.17) is 4.74 Å². The zero-order chi connectivity index (χ0) is 27.6. The predicted octanol–water partition coefficient (Wildman–Crippen LogP) is 5.62. The highest BCUT2D eigenvalue weighted by Crippen LogP contribution is 2.19. The Morgan fingerprint density at radius 2 is 1.64 bits per heavy atom. The number of benzene rings is 3. The van der Waals surface area contributed by atoms with Gasteiger partial charge in [-0.25, -0.2) is 9.18 Å². The second-order valence-electron chi connectivity index (χ2n) is 9.45. The van der Waals surface area contributed by atoms with Gasteiger partial charge in [-0.05, 0) is 59.9 Å². The maximum absolute atomic E-state index is 13.6. The Morgan fingerprint density at radius 3 is 2.36 bits per heavy atom. The number of hydrogen-bond acceptors (Lipinski definition) is 3. The summed E-state index contributed by atoms with van der Waals surface area (Å²) >= 11 is 0. The van der Waals surface area contributed by atoms with Gasteiger partial charge in [0, 0.05) is 49.5 Å². The van der Waals surface area contributed by atoms with Crippen LogP contribution in [0.5, 0.6) is 0 Å². The molecule has 1 heterocycles. The van der Waals surface area contributed by atoms with E-state index in [0.717, 1.165) is 28.5 Å². The number of aryl methyl sites for hydroxylation is 1. The molecule has 4 aromatic rings. The van der Waals surface area contributed by atoms with Gasteiger partial charge in [0.2, 0.25) is 5.91 Å². The Hall–Kier alpha value is -4.17. The predicted molar refractivity (Wildman–Crippen MR) is 152 cm³/mol. The Labute approximate surface area is 228 Å². The van der Waals surface area contributed by atoms with Gasteiger partial charge in [-0.15, -0.1) is 0 Å². The van der Waals surface area contributed by atoms with Crippen molar-refractivity contribution in [2.24, 2.45) is 0 Å². The van der Waals surface area contributed by atoms with Crippen LogP contribution >= 0.6 is 0 Å². The summed E-state index contributed by atoms with van der Waals surface area (Å²) in [5, 5.41) is 4.00. The smallest absolute Gasteiger partial charge is 0.322 e. The van der Waals surface area contributed by atoms with Crippen LogP contribution in [0.4, 0.5) is 14.9 Å². The van der Waals surface area contributed by atoms with E-state index in [2.05, 4.69) is 23.3 Å². The van der Waals surface area contributed by atoms with Crippen molar-refractivity contribution in [1.29, 1.82) is 0 Å². The molecule has 8 heteroatoms. The summed E-state index contributed by atoms with van der Waals surface area (Å²) < 4.78 is 18.7. The Morgan fingerprint density at radius 1 is 0.923 bits per heavy atom. The Kier molecular flexibility index (Phi) is 9.69. The van der Waals surface area contributed by atoms with Gasteiger partial charge in [-0.2, -0.15) is 0 Å². The standard InChI is InChI=1S/C31H35FN4O3/c1-3-23-10-14-27(15-11-23)34-31(38)36(18-19-39-2)22-30(37)35(21-24-8-12-26(32)13-9-24)17-16-25-20-33-29-7-5-4-6-28(25)29/h4-15,20,33H,3,16-19,21-22H2,1-2H3,(H,34,38). The van der Waals surface area contributed by atoms with Crippen molar-refractivity contribution >= 4 is 28.5 Å². The van der Waals surface area contributed by atoms with Crippen LogP contribution in [-0.4, -0.2) is 60.1 Å². The molecule has 0 aliphatic carbocycles. The van der Waals surface area contributed by atoms with Crippen molar-refractivity contribution in [3.8, 4) is 0 Å². The van der Waals surface area contributed by atoms with E-state index in [1.807, 2.05) is 48.7 Å². The van der Waals surface area contributed by atoms with Crippen LogP contribution in [0.15, 0.2) is 79.0 Å². The average Bonchev–Trinajstić information content (AvgIpc) is 3.37. The summed E-state index contributed by atoms with van der Waals surface area (Å²) in [5.74, 6) is -0.531. The number of halogens is 1. The molecule has 3 aromatic carbocycles. The first-order valence-electron chi connectivity index (χ1n) is 13.2. The number of para-hydroxylation sites is 1. The van der Waals surface area contributed by atoms with Gasteiger partial charge in [-0.1, -0.05) is 49.4 Å². The normalized spacial score (nSPS) is 10.9. The van der Waals surface area contributed by atoms with Crippen LogP contribution in [0.3, 0.4) is 0 Å². The third-order valence-electron chi connectivity index (χ3n) is 6.76. The van der Waals surface area contributed by atoms with Crippen LogP contribution in [0, 0.1) is 5.82 Å². The molecule has 0 aliphatic rings. The molecule has 4 rings (SSSR count). The first-order valence-corrected chi connectivity index (χ1v) is 13.2. The number of H-pyrrole nitrogens is 1. The molecule has 7 nitrogen and oxygen atoms in total. The summed E-state index contributed by atoms with van der Waals surface area (Å²) in [6, 6.07) is 21.4. The first-order chi connectivity index (χ1) is 19.0. The molecule has 0 radical (unpaired) electrons. The van der Waals surface area contributed by atoms with Crippen molar-refractivity contribution in [2.45, 2.75) is 26.3 Å². The fourth-order valence-corrected chi connectivity index (χ4v) is 4.44. The van der Waals surface area contributed by atoms with Gasteiger partial charge in [0.05, 0.1) is 6.61 Å². The molecule has 0 aliphatic heterocycles. The largest absolute Gasteiger partial charge is 0.383 e. The molecule has 0 fully saturated rings. The molecule has 0 spiro atoms. The van der Waals surface area contributed by atoms with Crippen molar-refractivity contribution < 1.29 is 18.7 Å². The van der Waals surface area contributed by atoms with E-state index in [-0.39, 0.29) is 30.8 Å². The number of fused-ring (bicyclic) bond motifs is 1. The molecule has 1 aromatic heterocycles. The molecule has 0 bridgehead atoms. The highest BCUT2D eigenvalue weighted by molar-refractivity contribution is 5.92. The third-order valence-corrected chi connectivity index (χ3v) is 6.76. The van der Waals surface area contributed by atoms with Gasteiger partial charge < -0.3 is 24.8 Å². The topological polar surface area (TPSA) is 77.7 Å². The van der Waals surface area contributed by atoms with Crippen LogP contribution in [0.25, 0.3) is 10.9 Å². The first kappa shape index (κ1) is 27.9. The lowest BCUT2D eigenvalue weighted by molar-refractivity contribution is -0.132. The number of carbonyl (C=O) groups excluding carboxylic acids is 2. The zero-order valence-electron chi connectivity index (χ0n) is 22.5. The number of aromatic amines is 1. The number of anilines is 1. The van der Waals surface area contributed by atoms with Crippen LogP contribution < -0.4 is 5.32 Å². The molecule has 3 amide bonds. The molecule has 0 saturated heterocycles. The molecule has 204 valence electrons. The maximum Gasteiger partial charge on any atom is 0.322 e. The van der Waals surface area contributed by atoms with E-state index < -0.39 is 0 Å². The van der Waals surface area contributed by atoms with Crippen LogP contribution in [0.1, 0.15) is 23.6 Å². The van der Waals surface area contributed by atoms with Gasteiger partial charge in [-0.3, -0.25) is 4.79 Å². The minimum Gasteiger partial charge on any atom is -0.383 e. The molecular weight excluding hydrogens is 495 g/mol. The third kappa shape index (κ3) is 7.67. The number of nitrogens with one attached hydrogen (secondary N) is 2. The van der Waals surface area contributed by atoms with Crippen molar-refractivity contribution in [1.82, 2.24) is 14.8 Å². The minimum atomic E-state index is -0.372. The van der Waals surface area contributed by atoms with E-state index in [0.29, 0.717) is 31.8 Å². The lowest BCUT2D eigenvalue weighted by atomic mass is 10.1. The quantitative estimate of drug-likeness (QED) is 0.250. The summed E-state index contributed by atoms with van der Waals surface area (Å²) in [4.78, 5) is 33.3. The van der Waals surface area contributed by atoms with Crippen LogP contribution in [0.2, 0.25) is 0 Å². The number of aromatic nitrogens is 1. The second kappa shape index (κ2) is 13.6. The van der Waals surface area contributed by atoms with Crippen molar-refractivity contribution in [3.05, 3.63) is 102 Å². The van der Waals surface area contributed by atoms with Crippen molar-refractivity contribution in [2.75, 3.05) is 38.7 Å². The lowest BCUT2D eigenvalue weighted by Gasteiger charge is -2.28. The van der Waals surface area contributed by atoms with Crippen LogP contribution in [-0.2, 0) is 28.9 Å². The maximum atomic E-state index is 13.6. The van der Waals surface area contributed by atoms with E-state index in [1.54, 1.807) is 24.1 Å². The SMILES string of the molecule is CCc1ccc(NC(=O)N(CCOC)CC(=O)N(CCc2c[nH]c3ccccc23)Cc2ccc(F)cc2)cc1. The highest BCUT2D eigenvalue weighted by Gasteiger charge is 2.22. The summed E-state index contributed by atoms with van der Waals surface area (Å²) in [5.41, 5.74) is 4.79. The fraction of sp³-hybridized carbons (Fsp3) is 0.290. The number of methoxy groups -OCH3 is 1. The number of hydrogen-bond donors (Lipinski definition) is 2. The Balaban J connectivity index is 1.49. The van der Waals surface area contributed by atoms with E-state index in [9.17, 15) is 14.0 Å². The molecule has 0 saturated carbocycles. The summed E-state index contributed by atoms with van der Waals surface area (Å²) in [6.45, 7) is 3.26. The molecule has 0 atom stereocenters. The number of amides is 3. The lowest BCUT2D eigenvalue weighted by Crippen LogP contribution is -2.46. The number of urea groups is 1. The van der Waals surface area contributed by atoms with Gasteiger partial charge >= 0.3 is 6.03 Å².